The molecule has 2 rings (SSSR count). The maximum atomic E-state index is 12.5. The molecule has 1 N–H and O–H groups in total. The van der Waals surface area contributed by atoms with Crippen molar-refractivity contribution >= 4 is 11.7 Å². The fourth-order valence-electron chi connectivity index (χ4n) is 2.96. The summed E-state index contributed by atoms with van der Waals surface area (Å²) in [5.41, 5.74) is 0.849. The fraction of sp³-hybridized carbons (Fsp3) is 0.619. The summed E-state index contributed by atoms with van der Waals surface area (Å²) in [4.78, 5) is 24.7. The van der Waals surface area contributed by atoms with Crippen LogP contribution in [0.25, 0.3) is 0 Å². The van der Waals surface area contributed by atoms with Crippen LogP contribution < -0.4 is 10.1 Å². The molecule has 1 aromatic rings. The number of hydrogen-bond donors (Lipinski definition) is 1. The third kappa shape index (κ3) is 5.58. The van der Waals surface area contributed by atoms with Gasteiger partial charge >= 0.3 is 0 Å². The van der Waals surface area contributed by atoms with Crippen LogP contribution in [0.15, 0.2) is 24.3 Å². The lowest BCUT2D eigenvalue weighted by Crippen LogP contribution is -2.49. The minimum Gasteiger partial charge on any atom is -0.497 e. The van der Waals surface area contributed by atoms with Crippen LogP contribution in [0.1, 0.15) is 65.9 Å². The average molecular weight is 347 g/mol. The Labute approximate surface area is 152 Å². The largest absolute Gasteiger partial charge is 0.497 e. The highest BCUT2D eigenvalue weighted by atomic mass is 16.5. The molecule has 1 amide bonds. The lowest BCUT2D eigenvalue weighted by Gasteiger charge is -2.30. The van der Waals surface area contributed by atoms with Gasteiger partial charge in [-0.3, -0.25) is 9.59 Å². The molecular weight excluding hydrogens is 314 g/mol. The van der Waals surface area contributed by atoms with Crippen LogP contribution in [0.4, 0.5) is 0 Å². The fourth-order valence-corrected chi connectivity index (χ4v) is 2.96. The zero-order valence-electron chi connectivity index (χ0n) is 16.7. The summed E-state index contributed by atoms with van der Waals surface area (Å²) >= 11 is 0. The van der Waals surface area contributed by atoms with Crippen molar-refractivity contribution in [1.82, 2.24) is 5.32 Å². The van der Waals surface area contributed by atoms with E-state index in [9.17, 15) is 9.59 Å². The second kappa shape index (κ2) is 9.02. The van der Waals surface area contributed by atoms with Gasteiger partial charge in [0.2, 0.25) is 5.91 Å². The Morgan fingerprint density at radius 2 is 1.92 bits per heavy atom. The molecule has 1 fully saturated rings. The highest BCUT2D eigenvalue weighted by Crippen LogP contribution is 2.48. The number of ether oxygens (including phenoxy) is 1. The smallest absolute Gasteiger partial charge is 0.224 e. The summed E-state index contributed by atoms with van der Waals surface area (Å²) in [6.45, 7) is 11.8. The monoisotopic (exact) mass is 347 g/mol. The minimum absolute atomic E-state index is 0.0143. The molecule has 0 aliphatic heterocycles. The van der Waals surface area contributed by atoms with Gasteiger partial charge in [-0.05, 0) is 35.4 Å². The van der Waals surface area contributed by atoms with Gasteiger partial charge < -0.3 is 10.1 Å². The number of ketones is 1. The van der Waals surface area contributed by atoms with Crippen molar-refractivity contribution in [3.8, 4) is 5.75 Å². The Balaban J connectivity index is 0.00000151. The molecule has 0 aromatic heterocycles. The Bertz CT molecular complexity index is 589. The number of methoxy groups -OCH3 is 1. The van der Waals surface area contributed by atoms with E-state index in [1.807, 2.05) is 65.8 Å². The van der Waals surface area contributed by atoms with Crippen LogP contribution in [-0.2, 0) is 9.59 Å². The summed E-state index contributed by atoms with van der Waals surface area (Å²) in [7, 11) is 1.64. The van der Waals surface area contributed by atoms with Crippen LogP contribution in [-0.4, -0.2) is 24.8 Å². The predicted molar refractivity (Wildman–Crippen MR) is 102 cm³/mol. The maximum absolute atomic E-state index is 12.5. The minimum atomic E-state index is -0.424. The van der Waals surface area contributed by atoms with E-state index in [0.717, 1.165) is 17.7 Å². The van der Waals surface area contributed by atoms with Crippen molar-refractivity contribution in [2.75, 3.05) is 7.11 Å². The topological polar surface area (TPSA) is 55.4 Å². The number of amides is 1. The summed E-state index contributed by atoms with van der Waals surface area (Å²) in [6.07, 6.45) is 1.27. The standard InChI is InChI=1S/C19H27NO3.C2H6/c1-6-16(21)17(19(2,3)4)20-18(22)15-11-14(15)12-8-7-9-13(10-12)23-5;1-2/h7-10,14-15,17H,6,11H2,1-5H3,(H,20,22);1-2H3/t14-,15?,17?;/m0./s1. The van der Waals surface area contributed by atoms with E-state index in [0.29, 0.717) is 6.42 Å². The van der Waals surface area contributed by atoms with Crippen molar-refractivity contribution in [3.05, 3.63) is 29.8 Å². The molecule has 4 heteroatoms. The molecule has 1 aliphatic rings. The molecule has 0 radical (unpaired) electrons. The Kier molecular flexibility index (Phi) is 7.65. The molecule has 140 valence electrons. The normalized spacial score (nSPS) is 20.0. The van der Waals surface area contributed by atoms with Crippen LogP contribution in [0.2, 0.25) is 0 Å². The molecule has 3 atom stereocenters. The summed E-state index contributed by atoms with van der Waals surface area (Å²) in [5.74, 6) is 1.06. The van der Waals surface area contributed by atoms with Gasteiger partial charge in [0, 0.05) is 12.3 Å². The number of nitrogens with one attached hydrogen (secondary N) is 1. The quantitative estimate of drug-likeness (QED) is 0.833. The van der Waals surface area contributed by atoms with Gasteiger partial charge in [-0.2, -0.15) is 0 Å². The summed E-state index contributed by atoms with van der Waals surface area (Å²) in [5, 5.41) is 2.98. The van der Waals surface area contributed by atoms with Gasteiger partial charge in [0.1, 0.15) is 5.75 Å². The highest BCUT2D eigenvalue weighted by molar-refractivity contribution is 5.91. The van der Waals surface area contributed by atoms with Crippen molar-refractivity contribution < 1.29 is 14.3 Å². The third-order valence-corrected chi connectivity index (χ3v) is 4.47. The first kappa shape index (κ1) is 21.2. The predicted octanol–water partition coefficient (Wildman–Crippen LogP) is 4.33. The molecule has 0 spiro atoms. The average Bonchev–Trinajstić information content (AvgIpc) is 3.40. The van der Waals surface area contributed by atoms with E-state index in [1.165, 1.54) is 0 Å². The van der Waals surface area contributed by atoms with E-state index >= 15 is 0 Å². The second-order valence-electron chi connectivity index (χ2n) is 7.35. The van der Waals surface area contributed by atoms with Gasteiger partial charge in [-0.1, -0.05) is 53.7 Å². The van der Waals surface area contributed by atoms with Crippen molar-refractivity contribution in [2.24, 2.45) is 11.3 Å². The van der Waals surface area contributed by atoms with E-state index in [4.69, 9.17) is 4.74 Å². The van der Waals surface area contributed by atoms with Crippen LogP contribution in [0.3, 0.4) is 0 Å². The number of rotatable bonds is 6. The van der Waals surface area contributed by atoms with Crippen molar-refractivity contribution in [2.45, 2.75) is 66.3 Å². The molecule has 25 heavy (non-hydrogen) atoms. The second-order valence-corrected chi connectivity index (χ2v) is 7.35. The molecule has 1 saturated carbocycles. The van der Waals surface area contributed by atoms with Gasteiger partial charge in [0.15, 0.2) is 5.78 Å². The van der Waals surface area contributed by atoms with Gasteiger partial charge in [0.25, 0.3) is 0 Å². The Hall–Kier alpha value is -1.84. The molecule has 0 saturated heterocycles. The van der Waals surface area contributed by atoms with Crippen molar-refractivity contribution in [3.63, 3.8) is 0 Å². The molecule has 1 aliphatic carbocycles. The number of carbonyl (C=O) groups is 2. The number of hydrogen-bond acceptors (Lipinski definition) is 3. The SMILES string of the molecule is CC.CCC(=O)C(NC(=O)C1C[C@H]1c1cccc(OC)c1)C(C)(C)C. The lowest BCUT2D eigenvalue weighted by atomic mass is 9.83. The van der Waals surface area contributed by atoms with Crippen molar-refractivity contribution in [1.29, 1.82) is 0 Å². The first-order valence-corrected chi connectivity index (χ1v) is 9.25. The zero-order valence-corrected chi connectivity index (χ0v) is 16.7. The number of benzene rings is 1. The highest BCUT2D eigenvalue weighted by Gasteiger charge is 2.45. The Morgan fingerprint density at radius 1 is 1.28 bits per heavy atom. The molecule has 0 bridgehead atoms. The van der Waals surface area contributed by atoms with E-state index in [-0.39, 0.29) is 28.9 Å². The first-order chi connectivity index (χ1) is 11.8. The van der Waals surface area contributed by atoms with E-state index < -0.39 is 6.04 Å². The Morgan fingerprint density at radius 3 is 2.44 bits per heavy atom. The molecule has 2 unspecified atom stereocenters. The van der Waals surface area contributed by atoms with Crippen LogP contribution in [0, 0.1) is 11.3 Å². The molecule has 0 heterocycles. The zero-order chi connectivity index (χ0) is 19.2. The van der Waals surface area contributed by atoms with Gasteiger partial charge in [-0.25, -0.2) is 0 Å². The summed E-state index contributed by atoms with van der Waals surface area (Å²) in [6, 6.07) is 7.43. The third-order valence-electron chi connectivity index (χ3n) is 4.47. The van der Waals surface area contributed by atoms with Gasteiger partial charge in [0.05, 0.1) is 13.2 Å². The molecule has 1 aromatic carbocycles. The summed E-state index contributed by atoms with van der Waals surface area (Å²) < 4.78 is 5.24. The molecular formula is C21H33NO3. The van der Waals surface area contributed by atoms with Crippen LogP contribution in [0.5, 0.6) is 5.75 Å². The number of Topliss-reactive ketones (excluding diaryl/α,β-unsaturated/α-hetero) is 1. The van der Waals surface area contributed by atoms with E-state index in [2.05, 4.69) is 5.32 Å². The van der Waals surface area contributed by atoms with Crippen LogP contribution >= 0.6 is 0 Å². The number of carbonyl (C=O) groups excluding carboxylic acids is 2. The first-order valence-electron chi connectivity index (χ1n) is 9.25. The van der Waals surface area contributed by atoms with E-state index in [1.54, 1.807) is 7.11 Å². The van der Waals surface area contributed by atoms with Gasteiger partial charge in [-0.15, -0.1) is 0 Å². The maximum Gasteiger partial charge on any atom is 0.224 e. The lowest BCUT2D eigenvalue weighted by molar-refractivity contribution is -0.130. The molecule has 4 nitrogen and oxygen atoms in total.